The fourth-order valence-electron chi connectivity index (χ4n) is 3.11. The third-order valence-corrected chi connectivity index (χ3v) is 4.21. The minimum Gasteiger partial charge on any atom is -0.480 e. The first-order chi connectivity index (χ1) is 10.1. The monoisotopic (exact) mass is 284 g/mol. The molecule has 2 aromatic carbocycles. The lowest BCUT2D eigenvalue weighted by Crippen LogP contribution is -2.53. The van der Waals surface area contributed by atoms with Crippen LogP contribution in [0, 0.1) is 0 Å². The number of anilines is 1. The van der Waals surface area contributed by atoms with Gasteiger partial charge >= 0.3 is 5.97 Å². The van der Waals surface area contributed by atoms with E-state index in [2.05, 4.69) is 54.3 Å². The smallest absolute Gasteiger partial charge is 0.317 e. The van der Waals surface area contributed by atoms with Gasteiger partial charge in [-0.3, -0.25) is 9.69 Å². The second-order valence-electron chi connectivity index (χ2n) is 5.66. The molecule has 1 saturated heterocycles. The Morgan fingerprint density at radius 3 is 2.71 bits per heavy atom. The molecule has 0 amide bonds. The van der Waals surface area contributed by atoms with E-state index in [9.17, 15) is 4.79 Å². The fourth-order valence-corrected chi connectivity index (χ4v) is 3.11. The molecule has 0 aliphatic carbocycles. The van der Waals surface area contributed by atoms with Crippen LogP contribution in [0.2, 0.25) is 0 Å². The van der Waals surface area contributed by atoms with E-state index in [1.165, 1.54) is 16.5 Å². The minimum absolute atomic E-state index is 0.130. The van der Waals surface area contributed by atoms with E-state index in [0.29, 0.717) is 0 Å². The van der Waals surface area contributed by atoms with Gasteiger partial charge in [-0.05, 0) is 18.4 Å². The number of nitrogens with zero attached hydrogens (tertiary/aromatic N) is 2. The molecule has 0 spiro atoms. The summed E-state index contributed by atoms with van der Waals surface area (Å²) in [5, 5.41) is 11.5. The standard InChI is InChI=1S/C17H20N2O2/c1-13-11-19(10-9-18(13)12-17(20)21)16-8-4-6-14-5-2-3-7-15(14)16/h2-8,13H,9-12H2,1H3,(H,20,21)/t13-/m1/s1. The van der Waals surface area contributed by atoms with E-state index in [4.69, 9.17) is 5.11 Å². The van der Waals surface area contributed by atoms with Gasteiger partial charge in [0.1, 0.15) is 0 Å². The van der Waals surface area contributed by atoms with E-state index in [1.807, 2.05) is 4.90 Å². The van der Waals surface area contributed by atoms with Crippen LogP contribution >= 0.6 is 0 Å². The first-order valence-corrected chi connectivity index (χ1v) is 7.33. The molecule has 4 heteroatoms. The fraction of sp³-hybridized carbons (Fsp3) is 0.353. The number of carboxylic acid groups (broad SMARTS) is 1. The Morgan fingerprint density at radius 1 is 1.19 bits per heavy atom. The highest BCUT2D eigenvalue weighted by Gasteiger charge is 2.25. The van der Waals surface area contributed by atoms with Gasteiger partial charge in [0.05, 0.1) is 6.54 Å². The van der Waals surface area contributed by atoms with Gasteiger partial charge in [0.15, 0.2) is 0 Å². The van der Waals surface area contributed by atoms with E-state index in [-0.39, 0.29) is 12.6 Å². The molecule has 3 rings (SSSR count). The molecule has 0 bridgehead atoms. The molecule has 1 N–H and O–H groups in total. The number of fused-ring (bicyclic) bond motifs is 1. The molecule has 4 nitrogen and oxygen atoms in total. The normalized spacial score (nSPS) is 19.9. The van der Waals surface area contributed by atoms with Gasteiger partial charge < -0.3 is 10.0 Å². The number of carbonyl (C=O) groups is 1. The van der Waals surface area contributed by atoms with Crippen molar-refractivity contribution in [3.05, 3.63) is 42.5 Å². The summed E-state index contributed by atoms with van der Waals surface area (Å²) in [6.07, 6.45) is 0. The van der Waals surface area contributed by atoms with Gasteiger partial charge in [-0.15, -0.1) is 0 Å². The van der Waals surface area contributed by atoms with Crippen molar-refractivity contribution in [2.45, 2.75) is 13.0 Å². The van der Waals surface area contributed by atoms with Crippen molar-refractivity contribution in [3.63, 3.8) is 0 Å². The van der Waals surface area contributed by atoms with Crippen LogP contribution in [0.4, 0.5) is 5.69 Å². The Hall–Kier alpha value is -2.07. The number of carboxylic acids is 1. The van der Waals surface area contributed by atoms with Crippen molar-refractivity contribution in [3.8, 4) is 0 Å². The Kier molecular flexibility index (Phi) is 3.80. The maximum absolute atomic E-state index is 10.9. The molecule has 110 valence electrons. The molecule has 2 aromatic rings. The van der Waals surface area contributed by atoms with Crippen molar-refractivity contribution in [1.82, 2.24) is 4.90 Å². The molecule has 1 aliphatic heterocycles. The van der Waals surface area contributed by atoms with Crippen LogP contribution in [0.25, 0.3) is 10.8 Å². The largest absolute Gasteiger partial charge is 0.480 e. The molecular weight excluding hydrogens is 264 g/mol. The van der Waals surface area contributed by atoms with Crippen LogP contribution < -0.4 is 4.90 Å². The van der Waals surface area contributed by atoms with Crippen LogP contribution in [0.5, 0.6) is 0 Å². The molecule has 1 atom stereocenters. The Bertz CT molecular complexity index is 651. The van der Waals surface area contributed by atoms with Gasteiger partial charge in [-0.2, -0.15) is 0 Å². The van der Waals surface area contributed by atoms with E-state index in [1.54, 1.807) is 0 Å². The predicted octanol–water partition coefficient (Wildman–Crippen LogP) is 2.43. The van der Waals surface area contributed by atoms with Gasteiger partial charge in [0, 0.05) is 36.7 Å². The van der Waals surface area contributed by atoms with Gasteiger partial charge in [0.2, 0.25) is 0 Å². The third-order valence-electron chi connectivity index (χ3n) is 4.21. The summed E-state index contributed by atoms with van der Waals surface area (Å²) >= 11 is 0. The van der Waals surface area contributed by atoms with Crippen LogP contribution in [0.3, 0.4) is 0 Å². The molecule has 0 radical (unpaired) electrons. The van der Waals surface area contributed by atoms with Crippen LogP contribution in [-0.4, -0.2) is 48.2 Å². The highest BCUT2D eigenvalue weighted by Crippen LogP contribution is 2.28. The molecule has 1 heterocycles. The molecular formula is C17H20N2O2. The summed E-state index contributed by atoms with van der Waals surface area (Å²) < 4.78 is 0. The summed E-state index contributed by atoms with van der Waals surface area (Å²) in [5.41, 5.74) is 1.25. The van der Waals surface area contributed by atoms with E-state index in [0.717, 1.165) is 19.6 Å². The number of aliphatic carboxylic acids is 1. The minimum atomic E-state index is -0.750. The van der Waals surface area contributed by atoms with Crippen LogP contribution in [-0.2, 0) is 4.79 Å². The highest BCUT2D eigenvalue weighted by atomic mass is 16.4. The Morgan fingerprint density at radius 2 is 1.95 bits per heavy atom. The lowest BCUT2D eigenvalue weighted by molar-refractivity contribution is -0.138. The topological polar surface area (TPSA) is 43.8 Å². The molecule has 21 heavy (non-hydrogen) atoms. The van der Waals surface area contributed by atoms with Crippen molar-refractivity contribution in [2.75, 3.05) is 31.1 Å². The second kappa shape index (κ2) is 5.74. The van der Waals surface area contributed by atoms with Crippen molar-refractivity contribution in [2.24, 2.45) is 0 Å². The number of benzene rings is 2. The summed E-state index contributed by atoms with van der Waals surface area (Å²) in [6, 6.07) is 15.0. The number of hydrogen-bond donors (Lipinski definition) is 1. The molecule has 1 fully saturated rings. The zero-order chi connectivity index (χ0) is 14.8. The summed E-state index contributed by atoms with van der Waals surface area (Å²) in [6.45, 7) is 4.74. The number of hydrogen-bond acceptors (Lipinski definition) is 3. The lowest BCUT2D eigenvalue weighted by atomic mass is 10.1. The second-order valence-corrected chi connectivity index (χ2v) is 5.66. The maximum Gasteiger partial charge on any atom is 0.317 e. The molecule has 0 unspecified atom stereocenters. The molecule has 0 aromatic heterocycles. The lowest BCUT2D eigenvalue weighted by Gasteiger charge is -2.40. The SMILES string of the molecule is C[C@@H]1CN(c2cccc3ccccc23)CCN1CC(=O)O. The third kappa shape index (κ3) is 2.85. The van der Waals surface area contributed by atoms with Crippen molar-refractivity contribution in [1.29, 1.82) is 0 Å². The van der Waals surface area contributed by atoms with Gasteiger partial charge in [-0.25, -0.2) is 0 Å². The molecule has 0 saturated carbocycles. The average molecular weight is 284 g/mol. The van der Waals surface area contributed by atoms with Crippen molar-refractivity contribution < 1.29 is 9.90 Å². The van der Waals surface area contributed by atoms with Gasteiger partial charge in [-0.1, -0.05) is 36.4 Å². The zero-order valence-corrected chi connectivity index (χ0v) is 12.2. The molecule has 1 aliphatic rings. The summed E-state index contributed by atoms with van der Waals surface area (Å²) in [7, 11) is 0. The Balaban J connectivity index is 1.83. The highest BCUT2D eigenvalue weighted by molar-refractivity contribution is 5.94. The van der Waals surface area contributed by atoms with Gasteiger partial charge in [0.25, 0.3) is 0 Å². The van der Waals surface area contributed by atoms with Crippen LogP contribution in [0.15, 0.2) is 42.5 Å². The summed E-state index contributed by atoms with van der Waals surface area (Å²) in [5.74, 6) is -0.750. The number of rotatable bonds is 3. The Labute approximate surface area is 124 Å². The maximum atomic E-state index is 10.9. The quantitative estimate of drug-likeness (QED) is 0.940. The van der Waals surface area contributed by atoms with Crippen LogP contribution in [0.1, 0.15) is 6.92 Å². The van der Waals surface area contributed by atoms with E-state index < -0.39 is 5.97 Å². The summed E-state index contributed by atoms with van der Waals surface area (Å²) in [4.78, 5) is 15.3. The van der Waals surface area contributed by atoms with E-state index >= 15 is 0 Å². The predicted molar refractivity (Wildman–Crippen MR) is 84.8 cm³/mol. The number of piperazine rings is 1. The zero-order valence-electron chi connectivity index (χ0n) is 12.2. The average Bonchev–Trinajstić information content (AvgIpc) is 2.48. The first-order valence-electron chi connectivity index (χ1n) is 7.33. The first kappa shape index (κ1) is 13.9. The van der Waals surface area contributed by atoms with Crippen molar-refractivity contribution >= 4 is 22.4 Å².